The summed E-state index contributed by atoms with van der Waals surface area (Å²) in [7, 11) is 0. The Morgan fingerprint density at radius 2 is 1.19 bits per heavy atom. The van der Waals surface area contributed by atoms with E-state index >= 15 is 0 Å². The van der Waals surface area contributed by atoms with Gasteiger partial charge in [0.15, 0.2) is 0 Å². The maximum absolute atomic E-state index is 6.80. The minimum atomic E-state index is -0.648. The van der Waals surface area contributed by atoms with Gasteiger partial charge in [0.05, 0.1) is 12.7 Å². The Kier molecular flexibility index (Phi) is 5.66. The molecule has 0 aliphatic carbocycles. The Labute approximate surface area is 161 Å². The van der Waals surface area contributed by atoms with E-state index in [0.717, 1.165) is 36.1 Å². The number of rotatable bonds is 6. The molecule has 1 atom stereocenters. The molecule has 1 aliphatic rings. The molecule has 2 nitrogen and oxygen atoms in total. The van der Waals surface area contributed by atoms with Crippen LogP contribution < -0.4 is 0 Å². The van der Waals surface area contributed by atoms with Crippen LogP contribution in [0.4, 0.5) is 0 Å². The molecule has 0 aromatic heterocycles. The Hall–Kier alpha value is -2.42. The molecule has 0 spiro atoms. The van der Waals surface area contributed by atoms with E-state index in [4.69, 9.17) is 9.47 Å². The molecule has 3 aromatic rings. The predicted molar refractivity (Wildman–Crippen MR) is 109 cm³/mol. The normalized spacial score (nSPS) is 17.6. The van der Waals surface area contributed by atoms with Gasteiger partial charge >= 0.3 is 0 Å². The number of benzene rings is 3. The van der Waals surface area contributed by atoms with Crippen LogP contribution in [-0.2, 0) is 15.1 Å². The van der Waals surface area contributed by atoms with Crippen LogP contribution in [0.1, 0.15) is 36.0 Å². The molecular weight excluding hydrogens is 332 g/mol. The molecule has 0 saturated carbocycles. The van der Waals surface area contributed by atoms with Crippen LogP contribution in [0, 0.1) is 0 Å². The summed E-state index contributed by atoms with van der Waals surface area (Å²) in [4.78, 5) is 0. The van der Waals surface area contributed by atoms with E-state index in [0.29, 0.717) is 6.61 Å². The van der Waals surface area contributed by atoms with Crippen molar-refractivity contribution in [3.63, 3.8) is 0 Å². The van der Waals surface area contributed by atoms with Crippen LogP contribution in [0.15, 0.2) is 91.0 Å². The van der Waals surface area contributed by atoms with E-state index < -0.39 is 5.60 Å². The maximum Gasteiger partial charge on any atom is 0.143 e. The summed E-state index contributed by atoms with van der Waals surface area (Å²) in [6, 6.07) is 31.6. The number of hydrogen-bond acceptors (Lipinski definition) is 2. The summed E-state index contributed by atoms with van der Waals surface area (Å²) in [5.74, 6) is 0. The fourth-order valence-corrected chi connectivity index (χ4v) is 3.93. The van der Waals surface area contributed by atoms with Crippen LogP contribution in [0.5, 0.6) is 0 Å². The molecule has 1 aliphatic heterocycles. The zero-order chi connectivity index (χ0) is 18.4. The van der Waals surface area contributed by atoms with Gasteiger partial charge in [-0.3, -0.25) is 0 Å². The van der Waals surface area contributed by atoms with Crippen molar-refractivity contribution in [1.82, 2.24) is 0 Å². The lowest BCUT2D eigenvalue weighted by atomic mass is 9.80. The summed E-state index contributed by atoms with van der Waals surface area (Å²) in [6.07, 6.45) is 3.59. The highest BCUT2D eigenvalue weighted by molar-refractivity contribution is 5.47. The first-order valence-corrected chi connectivity index (χ1v) is 9.82. The minimum Gasteiger partial charge on any atom is -0.376 e. The summed E-state index contributed by atoms with van der Waals surface area (Å²) >= 11 is 0. The lowest BCUT2D eigenvalue weighted by molar-refractivity contribution is -0.0799. The van der Waals surface area contributed by atoms with E-state index in [1.807, 2.05) is 0 Å². The van der Waals surface area contributed by atoms with E-state index in [9.17, 15) is 0 Å². The lowest BCUT2D eigenvalue weighted by Crippen LogP contribution is -2.37. The minimum absolute atomic E-state index is 0.161. The highest BCUT2D eigenvalue weighted by Gasteiger charge is 2.38. The second-order valence-corrected chi connectivity index (χ2v) is 7.08. The largest absolute Gasteiger partial charge is 0.376 e. The zero-order valence-electron chi connectivity index (χ0n) is 15.6. The van der Waals surface area contributed by atoms with E-state index in [1.165, 1.54) is 6.42 Å². The van der Waals surface area contributed by atoms with Crippen LogP contribution in [0.2, 0.25) is 0 Å². The third-order valence-corrected chi connectivity index (χ3v) is 5.30. The van der Waals surface area contributed by atoms with Crippen molar-refractivity contribution in [2.75, 3.05) is 13.2 Å². The molecule has 3 aromatic carbocycles. The second kappa shape index (κ2) is 8.51. The molecular formula is C25H26O2. The monoisotopic (exact) mass is 358 g/mol. The predicted octanol–water partition coefficient (Wildman–Crippen LogP) is 5.56. The molecule has 4 rings (SSSR count). The Morgan fingerprint density at radius 3 is 1.59 bits per heavy atom. The Morgan fingerprint density at radius 1 is 0.704 bits per heavy atom. The molecule has 1 saturated heterocycles. The smallest absolute Gasteiger partial charge is 0.143 e. The fraction of sp³-hybridized carbons (Fsp3) is 0.280. The molecule has 138 valence electrons. The van der Waals surface area contributed by atoms with Gasteiger partial charge in [0.25, 0.3) is 0 Å². The summed E-state index contributed by atoms with van der Waals surface area (Å²) in [5.41, 5.74) is 2.76. The first-order valence-electron chi connectivity index (χ1n) is 9.82. The van der Waals surface area contributed by atoms with E-state index in [1.54, 1.807) is 0 Å². The highest BCUT2D eigenvalue weighted by atomic mass is 16.5. The number of hydrogen-bond donors (Lipinski definition) is 0. The lowest BCUT2D eigenvalue weighted by Gasteiger charge is -2.37. The maximum atomic E-state index is 6.80. The van der Waals surface area contributed by atoms with Gasteiger partial charge in [-0.05, 0) is 36.0 Å². The van der Waals surface area contributed by atoms with E-state index in [2.05, 4.69) is 91.0 Å². The third kappa shape index (κ3) is 3.83. The summed E-state index contributed by atoms with van der Waals surface area (Å²) < 4.78 is 12.8. The molecule has 0 amide bonds. The van der Waals surface area contributed by atoms with Crippen molar-refractivity contribution < 1.29 is 9.47 Å². The van der Waals surface area contributed by atoms with Crippen molar-refractivity contribution in [3.05, 3.63) is 108 Å². The quantitative estimate of drug-likeness (QED) is 0.537. The molecule has 1 heterocycles. The van der Waals surface area contributed by atoms with Gasteiger partial charge in [-0.25, -0.2) is 0 Å². The van der Waals surface area contributed by atoms with Crippen molar-refractivity contribution in [1.29, 1.82) is 0 Å². The molecule has 1 fully saturated rings. The summed E-state index contributed by atoms with van der Waals surface area (Å²) in [5, 5.41) is 0. The van der Waals surface area contributed by atoms with Crippen LogP contribution >= 0.6 is 0 Å². The molecule has 0 bridgehead atoms. The molecule has 27 heavy (non-hydrogen) atoms. The standard InChI is InChI=1S/C25H26O2/c1-4-12-21(13-5-1)25(22-14-6-2-7-15-22,23-16-8-3-9-17-23)27-20-24-18-10-11-19-26-24/h1-9,12-17,24H,10-11,18-20H2/t24-/m0/s1. The van der Waals surface area contributed by atoms with Gasteiger partial charge in [-0.2, -0.15) is 0 Å². The zero-order valence-corrected chi connectivity index (χ0v) is 15.6. The van der Waals surface area contributed by atoms with Gasteiger partial charge in [0, 0.05) is 6.61 Å². The van der Waals surface area contributed by atoms with E-state index in [-0.39, 0.29) is 6.10 Å². The molecule has 2 heteroatoms. The van der Waals surface area contributed by atoms with Crippen molar-refractivity contribution in [2.24, 2.45) is 0 Å². The van der Waals surface area contributed by atoms with Crippen LogP contribution in [0.25, 0.3) is 0 Å². The average molecular weight is 358 g/mol. The average Bonchev–Trinajstić information content (AvgIpc) is 2.77. The molecule has 0 radical (unpaired) electrons. The number of ether oxygens (including phenoxy) is 2. The first-order chi connectivity index (χ1) is 13.4. The third-order valence-electron chi connectivity index (χ3n) is 5.30. The van der Waals surface area contributed by atoms with Gasteiger partial charge in [0.2, 0.25) is 0 Å². The summed E-state index contributed by atoms with van der Waals surface area (Å²) in [6.45, 7) is 1.42. The van der Waals surface area contributed by atoms with Gasteiger partial charge < -0.3 is 9.47 Å². The fourth-order valence-electron chi connectivity index (χ4n) is 3.93. The van der Waals surface area contributed by atoms with Crippen molar-refractivity contribution in [3.8, 4) is 0 Å². The highest BCUT2D eigenvalue weighted by Crippen LogP contribution is 2.40. The van der Waals surface area contributed by atoms with Crippen LogP contribution in [-0.4, -0.2) is 19.3 Å². The van der Waals surface area contributed by atoms with Gasteiger partial charge in [-0.15, -0.1) is 0 Å². The SMILES string of the molecule is c1ccc(C(OC[C@@H]2CCCCO2)(c2ccccc2)c2ccccc2)cc1. The van der Waals surface area contributed by atoms with Crippen molar-refractivity contribution in [2.45, 2.75) is 31.0 Å². The first kappa shape index (κ1) is 18.0. The molecule has 0 unspecified atom stereocenters. The van der Waals surface area contributed by atoms with Crippen molar-refractivity contribution >= 4 is 0 Å². The van der Waals surface area contributed by atoms with Crippen LogP contribution in [0.3, 0.4) is 0 Å². The second-order valence-electron chi connectivity index (χ2n) is 7.08. The topological polar surface area (TPSA) is 18.5 Å². The Balaban J connectivity index is 1.81. The van der Waals surface area contributed by atoms with Gasteiger partial charge in [-0.1, -0.05) is 91.0 Å². The Bertz CT molecular complexity index is 712. The molecule has 0 N–H and O–H groups in total. The van der Waals surface area contributed by atoms with Gasteiger partial charge in [0.1, 0.15) is 5.60 Å².